The fourth-order valence-corrected chi connectivity index (χ4v) is 3.34. The summed E-state index contributed by atoms with van der Waals surface area (Å²) >= 11 is 1.24. The van der Waals surface area contributed by atoms with Crippen LogP contribution in [0.2, 0.25) is 0 Å². The molecule has 0 fully saturated rings. The first-order valence-electron chi connectivity index (χ1n) is 8.20. The summed E-state index contributed by atoms with van der Waals surface area (Å²) < 4.78 is 39.0. The number of thiazole rings is 1. The van der Waals surface area contributed by atoms with Crippen LogP contribution in [0.4, 0.5) is 24.7 Å². The summed E-state index contributed by atoms with van der Waals surface area (Å²) in [5, 5.41) is 12.1. The van der Waals surface area contributed by atoms with Gasteiger partial charge < -0.3 is 10.4 Å². The Kier molecular flexibility index (Phi) is 4.63. The van der Waals surface area contributed by atoms with E-state index in [9.17, 15) is 23.1 Å². The Bertz CT molecular complexity index is 1220. The van der Waals surface area contributed by atoms with Crippen LogP contribution in [0.15, 0.2) is 54.0 Å². The van der Waals surface area contributed by atoms with Gasteiger partial charge in [0.2, 0.25) is 0 Å². The van der Waals surface area contributed by atoms with E-state index in [1.54, 1.807) is 17.6 Å². The summed E-state index contributed by atoms with van der Waals surface area (Å²) in [6.07, 6.45) is -4.47. The maximum absolute atomic E-state index is 13.0. The molecule has 0 aliphatic heterocycles. The van der Waals surface area contributed by atoms with E-state index in [1.165, 1.54) is 35.6 Å². The highest BCUT2D eigenvalue weighted by atomic mass is 32.1. The molecule has 146 valence electrons. The van der Waals surface area contributed by atoms with Crippen LogP contribution < -0.4 is 5.32 Å². The molecule has 0 unspecified atom stereocenters. The topological polar surface area (TPSA) is 88.0 Å². The molecule has 0 amide bonds. The van der Waals surface area contributed by atoms with Crippen molar-refractivity contribution in [2.45, 2.75) is 6.18 Å². The Hall–Kier alpha value is -3.53. The predicted octanol–water partition coefficient (Wildman–Crippen LogP) is 5.21. The van der Waals surface area contributed by atoms with Crippen molar-refractivity contribution in [2.24, 2.45) is 0 Å². The van der Waals surface area contributed by atoms with E-state index in [2.05, 4.69) is 20.3 Å². The molecule has 2 aromatic carbocycles. The van der Waals surface area contributed by atoms with E-state index in [1.807, 2.05) is 0 Å². The summed E-state index contributed by atoms with van der Waals surface area (Å²) in [7, 11) is 0. The van der Waals surface area contributed by atoms with Crippen molar-refractivity contribution in [3.8, 4) is 11.4 Å². The Morgan fingerprint density at radius 2 is 1.86 bits per heavy atom. The minimum atomic E-state index is -4.47. The fraction of sp³-hybridized carbons (Fsp3) is 0.0526. The first-order chi connectivity index (χ1) is 13.8. The van der Waals surface area contributed by atoms with E-state index in [-0.39, 0.29) is 22.9 Å². The first-order valence-corrected chi connectivity index (χ1v) is 9.08. The molecule has 29 heavy (non-hydrogen) atoms. The molecule has 0 atom stereocenters. The number of hydrogen-bond acceptors (Lipinski definition) is 6. The lowest BCUT2D eigenvalue weighted by Crippen LogP contribution is -2.06. The number of anilines is 2. The molecule has 2 aromatic heterocycles. The van der Waals surface area contributed by atoms with Gasteiger partial charge in [-0.2, -0.15) is 13.2 Å². The van der Waals surface area contributed by atoms with E-state index >= 15 is 0 Å². The van der Waals surface area contributed by atoms with Crippen molar-refractivity contribution >= 4 is 39.2 Å². The lowest BCUT2D eigenvalue weighted by Gasteiger charge is -2.11. The molecule has 4 aromatic rings. The molecule has 0 radical (unpaired) electrons. The number of benzene rings is 2. The number of nitrogens with one attached hydrogen (secondary N) is 1. The first kappa shape index (κ1) is 18.8. The Morgan fingerprint density at radius 3 is 2.62 bits per heavy atom. The normalized spacial score (nSPS) is 11.6. The lowest BCUT2D eigenvalue weighted by molar-refractivity contribution is -0.137. The lowest BCUT2D eigenvalue weighted by atomic mass is 10.1. The molecule has 0 aliphatic rings. The van der Waals surface area contributed by atoms with Gasteiger partial charge in [0.05, 0.1) is 16.6 Å². The maximum atomic E-state index is 13.0. The van der Waals surface area contributed by atoms with Crippen molar-refractivity contribution < 1.29 is 23.1 Å². The Labute approximate surface area is 165 Å². The molecule has 0 bridgehead atoms. The van der Waals surface area contributed by atoms with E-state index in [4.69, 9.17) is 0 Å². The van der Waals surface area contributed by atoms with Gasteiger partial charge in [0, 0.05) is 11.3 Å². The number of rotatable bonds is 4. The van der Waals surface area contributed by atoms with Crippen LogP contribution in [0.25, 0.3) is 21.7 Å². The molecular weight excluding hydrogens is 405 g/mol. The number of nitrogens with zero attached hydrogens (tertiary/aromatic N) is 3. The molecule has 4 rings (SSSR count). The van der Waals surface area contributed by atoms with Crippen LogP contribution in [-0.4, -0.2) is 26.0 Å². The van der Waals surface area contributed by atoms with Crippen molar-refractivity contribution in [3.05, 3.63) is 65.2 Å². The minimum Gasteiger partial charge on any atom is -0.478 e. The third-order valence-electron chi connectivity index (χ3n) is 4.02. The molecule has 10 heteroatoms. The number of aromatic nitrogens is 3. The number of halogens is 3. The number of hydrogen-bond donors (Lipinski definition) is 2. The quantitative estimate of drug-likeness (QED) is 0.475. The summed E-state index contributed by atoms with van der Waals surface area (Å²) in [4.78, 5) is 24.7. The molecule has 0 spiro atoms. The number of carboxylic acids is 1. The van der Waals surface area contributed by atoms with Crippen molar-refractivity contribution in [1.29, 1.82) is 0 Å². The van der Waals surface area contributed by atoms with Gasteiger partial charge in [0.1, 0.15) is 10.3 Å². The zero-order chi connectivity index (χ0) is 20.6. The van der Waals surface area contributed by atoms with E-state index in [0.29, 0.717) is 15.9 Å². The number of carbonyl (C=O) groups is 1. The zero-order valence-electron chi connectivity index (χ0n) is 14.4. The molecule has 0 saturated carbocycles. The van der Waals surface area contributed by atoms with Crippen LogP contribution >= 0.6 is 11.3 Å². The standard InChI is InChI=1S/C19H11F3N4O2S/c20-19(21,22)12-5-2-6-13(8-12)24-16-14-17(29-9-23-14)26-15(25-16)10-3-1-4-11(7-10)18(27)28/h1-9H,(H,27,28)(H,24,25,26). The summed E-state index contributed by atoms with van der Waals surface area (Å²) in [6, 6.07) is 10.8. The van der Waals surface area contributed by atoms with Crippen molar-refractivity contribution in [2.75, 3.05) is 5.32 Å². The van der Waals surface area contributed by atoms with Crippen LogP contribution in [-0.2, 0) is 6.18 Å². The molecular formula is C19H11F3N4O2S. The van der Waals surface area contributed by atoms with E-state index < -0.39 is 17.7 Å². The van der Waals surface area contributed by atoms with Gasteiger partial charge in [-0.25, -0.2) is 19.7 Å². The second-order valence-corrected chi connectivity index (χ2v) is 6.82. The average Bonchev–Trinajstić information content (AvgIpc) is 3.16. The van der Waals surface area contributed by atoms with E-state index in [0.717, 1.165) is 12.1 Å². The minimum absolute atomic E-state index is 0.0721. The van der Waals surface area contributed by atoms with Crippen molar-refractivity contribution in [1.82, 2.24) is 15.0 Å². The number of carboxylic acid groups (broad SMARTS) is 1. The smallest absolute Gasteiger partial charge is 0.416 e. The maximum Gasteiger partial charge on any atom is 0.416 e. The van der Waals surface area contributed by atoms with Gasteiger partial charge in [-0.1, -0.05) is 18.2 Å². The Balaban J connectivity index is 1.79. The van der Waals surface area contributed by atoms with Gasteiger partial charge in [-0.3, -0.25) is 0 Å². The van der Waals surface area contributed by atoms with Gasteiger partial charge in [0.15, 0.2) is 11.6 Å². The molecule has 2 heterocycles. The highest BCUT2D eigenvalue weighted by molar-refractivity contribution is 7.16. The fourth-order valence-electron chi connectivity index (χ4n) is 2.68. The monoisotopic (exact) mass is 416 g/mol. The summed E-state index contributed by atoms with van der Waals surface area (Å²) in [5.41, 5.74) is 1.90. The zero-order valence-corrected chi connectivity index (χ0v) is 15.3. The summed E-state index contributed by atoms with van der Waals surface area (Å²) in [6.45, 7) is 0. The second-order valence-electron chi connectivity index (χ2n) is 5.99. The highest BCUT2D eigenvalue weighted by Crippen LogP contribution is 2.33. The third kappa shape index (κ3) is 3.87. The highest BCUT2D eigenvalue weighted by Gasteiger charge is 2.30. The van der Waals surface area contributed by atoms with Crippen LogP contribution in [0.1, 0.15) is 15.9 Å². The van der Waals surface area contributed by atoms with Crippen molar-refractivity contribution in [3.63, 3.8) is 0 Å². The predicted molar refractivity (Wildman–Crippen MR) is 102 cm³/mol. The summed E-state index contributed by atoms with van der Waals surface area (Å²) in [5.74, 6) is -0.626. The average molecular weight is 416 g/mol. The van der Waals surface area contributed by atoms with Crippen LogP contribution in [0, 0.1) is 0 Å². The Morgan fingerprint density at radius 1 is 1.07 bits per heavy atom. The largest absolute Gasteiger partial charge is 0.478 e. The second kappa shape index (κ2) is 7.13. The van der Waals surface area contributed by atoms with Gasteiger partial charge in [0.25, 0.3) is 0 Å². The van der Waals surface area contributed by atoms with Gasteiger partial charge in [-0.05, 0) is 30.3 Å². The van der Waals surface area contributed by atoms with Crippen LogP contribution in [0.5, 0.6) is 0 Å². The molecule has 0 aliphatic carbocycles. The SMILES string of the molecule is O=C(O)c1cccc(-c2nc(Nc3cccc(C(F)(F)F)c3)c3ncsc3n2)c1. The molecule has 2 N–H and O–H groups in total. The third-order valence-corrected chi connectivity index (χ3v) is 4.74. The molecule has 6 nitrogen and oxygen atoms in total. The number of alkyl halides is 3. The van der Waals surface area contributed by atoms with Crippen LogP contribution in [0.3, 0.4) is 0 Å². The number of fused-ring (bicyclic) bond motifs is 1. The van der Waals surface area contributed by atoms with Gasteiger partial charge >= 0.3 is 12.1 Å². The number of aromatic carboxylic acids is 1. The molecule has 0 saturated heterocycles. The van der Waals surface area contributed by atoms with Gasteiger partial charge in [-0.15, -0.1) is 11.3 Å².